The van der Waals surface area contributed by atoms with Crippen LogP contribution in [0, 0.1) is 0 Å². The van der Waals surface area contributed by atoms with Gasteiger partial charge in [0.2, 0.25) is 5.91 Å². The Bertz CT molecular complexity index is 1000. The quantitative estimate of drug-likeness (QED) is 0.540. The molecular formula is C21H21ClN4O2S. The first-order chi connectivity index (χ1) is 14.2. The third-order valence-electron chi connectivity index (χ3n) is 4.43. The fourth-order valence-electron chi connectivity index (χ4n) is 2.90. The summed E-state index contributed by atoms with van der Waals surface area (Å²) >= 11 is 7.77. The Labute approximate surface area is 178 Å². The van der Waals surface area contributed by atoms with Gasteiger partial charge in [-0.15, -0.1) is 10.2 Å². The molecule has 1 saturated carbocycles. The van der Waals surface area contributed by atoms with E-state index in [1.807, 2.05) is 60.0 Å². The van der Waals surface area contributed by atoms with E-state index in [1.54, 1.807) is 0 Å². The third kappa shape index (κ3) is 4.74. The number of nitrogens with zero attached hydrogens (tertiary/aromatic N) is 3. The first kappa shape index (κ1) is 19.8. The molecule has 29 heavy (non-hydrogen) atoms. The standard InChI is InChI=1S/C21H21ClN4O2S/c1-2-28-16-11-9-15(10-12-16)26-20(17-5-3-4-6-18(17)22)24-25-21(26)29-13-19(27)23-14-7-8-14/h3-6,9-12,14H,2,7-8,13H2,1H3,(H,23,27). The molecule has 0 unspecified atom stereocenters. The summed E-state index contributed by atoms with van der Waals surface area (Å²) in [7, 11) is 0. The van der Waals surface area contributed by atoms with E-state index in [-0.39, 0.29) is 11.7 Å². The van der Waals surface area contributed by atoms with Crippen molar-refractivity contribution in [3.8, 4) is 22.8 Å². The third-order valence-corrected chi connectivity index (χ3v) is 5.69. The molecular weight excluding hydrogens is 408 g/mol. The van der Waals surface area contributed by atoms with Gasteiger partial charge in [0.25, 0.3) is 0 Å². The molecule has 0 bridgehead atoms. The maximum atomic E-state index is 12.1. The van der Waals surface area contributed by atoms with Crippen LogP contribution in [0.3, 0.4) is 0 Å². The molecule has 1 amide bonds. The Hall–Kier alpha value is -2.51. The highest BCUT2D eigenvalue weighted by atomic mass is 35.5. The Morgan fingerprint density at radius 3 is 2.66 bits per heavy atom. The van der Waals surface area contributed by atoms with Crippen molar-refractivity contribution in [2.45, 2.75) is 31.0 Å². The largest absolute Gasteiger partial charge is 0.494 e. The summed E-state index contributed by atoms with van der Waals surface area (Å²) in [6.45, 7) is 2.55. The number of hydrogen-bond donors (Lipinski definition) is 1. The minimum Gasteiger partial charge on any atom is -0.494 e. The monoisotopic (exact) mass is 428 g/mol. The molecule has 6 nitrogen and oxygen atoms in total. The van der Waals surface area contributed by atoms with Gasteiger partial charge < -0.3 is 10.1 Å². The van der Waals surface area contributed by atoms with Crippen LogP contribution in [-0.4, -0.2) is 39.1 Å². The number of thioether (sulfide) groups is 1. The fraction of sp³-hybridized carbons (Fsp3) is 0.286. The number of hydrogen-bond acceptors (Lipinski definition) is 5. The van der Waals surface area contributed by atoms with E-state index in [4.69, 9.17) is 16.3 Å². The molecule has 150 valence electrons. The van der Waals surface area contributed by atoms with Crippen molar-refractivity contribution in [2.24, 2.45) is 0 Å². The van der Waals surface area contributed by atoms with Gasteiger partial charge in [0.1, 0.15) is 5.75 Å². The molecule has 1 heterocycles. The zero-order chi connectivity index (χ0) is 20.2. The molecule has 0 aliphatic heterocycles. The Balaban J connectivity index is 1.67. The van der Waals surface area contributed by atoms with Crippen LogP contribution in [0.5, 0.6) is 5.75 Å². The molecule has 4 rings (SSSR count). The molecule has 2 aromatic carbocycles. The predicted octanol–water partition coefficient (Wildman–Crippen LogP) is 4.36. The molecule has 1 aliphatic rings. The maximum absolute atomic E-state index is 12.1. The molecule has 1 N–H and O–H groups in total. The molecule has 0 radical (unpaired) electrons. The van der Waals surface area contributed by atoms with Crippen molar-refractivity contribution < 1.29 is 9.53 Å². The van der Waals surface area contributed by atoms with Gasteiger partial charge in [-0.1, -0.05) is 35.5 Å². The van der Waals surface area contributed by atoms with Gasteiger partial charge in [0.15, 0.2) is 11.0 Å². The van der Waals surface area contributed by atoms with Crippen LogP contribution in [0.15, 0.2) is 53.7 Å². The fourth-order valence-corrected chi connectivity index (χ4v) is 3.88. The highest BCUT2D eigenvalue weighted by molar-refractivity contribution is 7.99. The van der Waals surface area contributed by atoms with Gasteiger partial charge in [0.05, 0.1) is 17.4 Å². The second kappa shape index (κ2) is 8.88. The zero-order valence-corrected chi connectivity index (χ0v) is 17.5. The molecule has 1 aromatic heterocycles. The lowest BCUT2D eigenvalue weighted by molar-refractivity contribution is -0.118. The molecule has 0 saturated heterocycles. The second-order valence-electron chi connectivity index (χ2n) is 6.68. The van der Waals surface area contributed by atoms with E-state index >= 15 is 0 Å². The molecule has 3 aromatic rings. The van der Waals surface area contributed by atoms with Crippen LogP contribution in [0.1, 0.15) is 19.8 Å². The summed E-state index contributed by atoms with van der Waals surface area (Å²) < 4.78 is 7.47. The number of ether oxygens (including phenoxy) is 1. The van der Waals surface area contributed by atoms with Gasteiger partial charge in [0, 0.05) is 17.3 Å². The highest BCUT2D eigenvalue weighted by Gasteiger charge is 2.24. The lowest BCUT2D eigenvalue weighted by Gasteiger charge is -2.12. The Kier molecular flexibility index (Phi) is 6.06. The summed E-state index contributed by atoms with van der Waals surface area (Å²) in [6.07, 6.45) is 2.13. The number of aromatic nitrogens is 3. The van der Waals surface area contributed by atoms with Gasteiger partial charge >= 0.3 is 0 Å². The normalized spacial score (nSPS) is 13.3. The number of benzene rings is 2. The first-order valence-electron chi connectivity index (χ1n) is 9.51. The van der Waals surface area contributed by atoms with E-state index in [9.17, 15) is 4.79 Å². The van der Waals surface area contributed by atoms with Gasteiger partial charge in [-0.25, -0.2) is 0 Å². The Morgan fingerprint density at radius 2 is 1.97 bits per heavy atom. The lowest BCUT2D eigenvalue weighted by atomic mass is 10.2. The van der Waals surface area contributed by atoms with Gasteiger partial charge in [-0.05, 0) is 56.2 Å². The molecule has 1 aliphatic carbocycles. The number of nitrogens with one attached hydrogen (secondary N) is 1. The summed E-state index contributed by atoms with van der Waals surface area (Å²) in [5.74, 6) is 1.72. The second-order valence-corrected chi connectivity index (χ2v) is 8.03. The summed E-state index contributed by atoms with van der Waals surface area (Å²) in [5.41, 5.74) is 1.66. The lowest BCUT2D eigenvalue weighted by Crippen LogP contribution is -2.27. The van der Waals surface area contributed by atoms with Crippen molar-refractivity contribution in [1.29, 1.82) is 0 Å². The number of rotatable bonds is 8. The summed E-state index contributed by atoms with van der Waals surface area (Å²) in [6, 6.07) is 15.6. The Morgan fingerprint density at radius 1 is 1.21 bits per heavy atom. The number of amides is 1. The van der Waals surface area contributed by atoms with Crippen molar-refractivity contribution >= 4 is 29.3 Å². The highest BCUT2D eigenvalue weighted by Crippen LogP contribution is 2.32. The smallest absolute Gasteiger partial charge is 0.230 e. The topological polar surface area (TPSA) is 69.0 Å². The van der Waals surface area contributed by atoms with Crippen molar-refractivity contribution in [1.82, 2.24) is 20.1 Å². The molecule has 0 spiro atoms. The number of carbonyl (C=O) groups excluding carboxylic acids is 1. The van der Waals surface area contributed by atoms with E-state index in [1.165, 1.54) is 11.8 Å². The minimum atomic E-state index is 0.0121. The van der Waals surface area contributed by atoms with Crippen LogP contribution >= 0.6 is 23.4 Å². The molecule has 1 fully saturated rings. The van der Waals surface area contributed by atoms with E-state index in [2.05, 4.69) is 15.5 Å². The average molecular weight is 429 g/mol. The molecule has 8 heteroatoms. The van der Waals surface area contributed by atoms with Gasteiger partial charge in [-0.3, -0.25) is 9.36 Å². The van der Waals surface area contributed by atoms with Gasteiger partial charge in [-0.2, -0.15) is 0 Å². The molecule has 0 atom stereocenters. The average Bonchev–Trinajstić information content (AvgIpc) is 3.44. The predicted molar refractivity (Wildman–Crippen MR) is 115 cm³/mol. The van der Waals surface area contributed by atoms with Crippen molar-refractivity contribution in [3.05, 3.63) is 53.6 Å². The van der Waals surface area contributed by atoms with Crippen LogP contribution in [0.4, 0.5) is 0 Å². The minimum absolute atomic E-state index is 0.0121. The number of carbonyl (C=O) groups is 1. The summed E-state index contributed by atoms with van der Waals surface area (Å²) in [5, 5.41) is 12.9. The van der Waals surface area contributed by atoms with Crippen molar-refractivity contribution in [2.75, 3.05) is 12.4 Å². The van der Waals surface area contributed by atoms with Crippen molar-refractivity contribution in [3.63, 3.8) is 0 Å². The van der Waals surface area contributed by atoms with E-state index in [0.29, 0.717) is 28.7 Å². The van der Waals surface area contributed by atoms with E-state index in [0.717, 1.165) is 29.8 Å². The van der Waals surface area contributed by atoms with Crippen LogP contribution in [0.25, 0.3) is 17.1 Å². The van der Waals surface area contributed by atoms with Crippen LogP contribution in [-0.2, 0) is 4.79 Å². The SMILES string of the molecule is CCOc1ccc(-n2c(SCC(=O)NC3CC3)nnc2-c2ccccc2Cl)cc1. The van der Waals surface area contributed by atoms with Crippen LogP contribution < -0.4 is 10.1 Å². The van der Waals surface area contributed by atoms with Crippen LogP contribution in [0.2, 0.25) is 5.02 Å². The maximum Gasteiger partial charge on any atom is 0.230 e. The number of halogens is 1. The van der Waals surface area contributed by atoms with E-state index < -0.39 is 0 Å². The first-order valence-corrected chi connectivity index (χ1v) is 10.9. The summed E-state index contributed by atoms with van der Waals surface area (Å²) in [4.78, 5) is 12.1. The zero-order valence-electron chi connectivity index (χ0n) is 16.0.